The van der Waals surface area contributed by atoms with Gasteiger partial charge in [-0.25, -0.2) is 0 Å². The summed E-state index contributed by atoms with van der Waals surface area (Å²) in [5, 5.41) is 3.30. The number of benzene rings is 2. The summed E-state index contributed by atoms with van der Waals surface area (Å²) in [6.07, 6.45) is 0. The number of carbonyl (C=O) groups excluding carboxylic acids is 1. The van der Waals surface area contributed by atoms with Gasteiger partial charge in [0.15, 0.2) is 5.11 Å². The summed E-state index contributed by atoms with van der Waals surface area (Å²) < 4.78 is 0. The van der Waals surface area contributed by atoms with Crippen LogP contribution in [-0.4, -0.2) is 25.1 Å². The molecule has 0 aliphatic carbocycles. The molecule has 0 aliphatic rings. The summed E-state index contributed by atoms with van der Waals surface area (Å²) in [7, 11) is 3.90. The third-order valence-corrected chi connectivity index (χ3v) is 3.17. The second kappa shape index (κ2) is 7.42. The molecule has 0 unspecified atom stereocenters. The van der Waals surface area contributed by atoms with Crippen LogP contribution in [0.5, 0.6) is 0 Å². The molecule has 0 bridgehead atoms. The van der Waals surface area contributed by atoms with E-state index in [0.29, 0.717) is 10.7 Å². The van der Waals surface area contributed by atoms with Gasteiger partial charge in [-0.3, -0.25) is 15.6 Å². The van der Waals surface area contributed by atoms with Gasteiger partial charge in [0.1, 0.15) is 0 Å². The number of rotatable bonds is 3. The zero-order valence-corrected chi connectivity index (χ0v) is 13.3. The fourth-order valence-electron chi connectivity index (χ4n) is 1.78. The van der Waals surface area contributed by atoms with Gasteiger partial charge in [-0.1, -0.05) is 18.2 Å². The molecule has 2 aromatic carbocycles. The van der Waals surface area contributed by atoms with E-state index < -0.39 is 0 Å². The smallest absolute Gasteiger partial charge is 0.269 e. The second-order valence-electron chi connectivity index (χ2n) is 4.84. The Morgan fingerprint density at radius 1 is 0.955 bits per heavy atom. The van der Waals surface area contributed by atoms with Crippen molar-refractivity contribution in [2.45, 2.75) is 0 Å². The molecule has 5 nitrogen and oxygen atoms in total. The number of hydrazine groups is 1. The van der Waals surface area contributed by atoms with Crippen LogP contribution in [-0.2, 0) is 0 Å². The number of para-hydroxylation sites is 1. The lowest BCUT2D eigenvalue weighted by Crippen LogP contribution is -2.43. The average molecular weight is 314 g/mol. The fourth-order valence-corrected chi connectivity index (χ4v) is 1.95. The zero-order chi connectivity index (χ0) is 15.9. The Labute approximate surface area is 135 Å². The molecule has 0 atom stereocenters. The Kier molecular flexibility index (Phi) is 5.32. The number of nitrogens with zero attached hydrogens (tertiary/aromatic N) is 1. The SMILES string of the molecule is CN(C)c1ccc(C(=O)NNC(=S)Nc2ccccc2)cc1. The van der Waals surface area contributed by atoms with E-state index in [4.69, 9.17) is 12.2 Å². The quantitative estimate of drug-likeness (QED) is 0.600. The van der Waals surface area contributed by atoms with Crippen LogP contribution in [0.15, 0.2) is 54.6 Å². The highest BCUT2D eigenvalue weighted by molar-refractivity contribution is 7.80. The standard InChI is InChI=1S/C16H18N4OS/c1-20(2)14-10-8-12(9-11-14)15(21)18-19-16(22)17-13-6-4-3-5-7-13/h3-11H,1-2H3,(H,18,21)(H2,17,19,22). The lowest BCUT2D eigenvalue weighted by molar-refractivity contribution is 0.0944. The van der Waals surface area contributed by atoms with Gasteiger partial charge in [0.05, 0.1) is 0 Å². The number of thiocarbonyl (C=S) groups is 1. The average Bonchev–Trinajstić information content (AvgIpc) is 2.53. The third kappa shape index (κ3) is 4.46. The van der Waals surface area contributed by atoms with Crippen molar-refractivity contribution >= 4 is 34.6 Å². The normalized spacial score (nSPS) is 9.73. The van der Waals surface area contributed by atoms with Crippen LogP contribution in [0.1, 0.15) is 10.4 Å². The van der Waals surface area contributed by atoms with Crippen LogP contribution >= 0.6 is 12.2 Å². The molecule has 0 aromatic heterocycles. The van der Waals surface area contributed by atoms with E-state index in [1.54, 1.807) is 12.1 Å². The summed E-state index contributed by atoms with van der Waals surface area (Å²) >= 11 is 5.12. The number of hydrogen-bond acceptors (Lipinski definition) is 3. The molecular formula is C16H18N4OS. The van der Waals surface area contributed by atoms with Gasteiger partial charge in [0.2, 0.25) is 0 Å². The number of amides is 1. The first-order chi connectivity index (χ1) is 10.6. The van der Waals surface area contributed by atoms with Crippen LogP contribution in [0, 0.1) is 0 Å². The van der Waals surface area contributed by atoms with Crippen LogP contribution in [0.4, 0.5) is 11.4 Å². The highest BCUT2D eigenvalue weighted by Crippen LogP contribution is 2.11. The highest BCUT2D eigenvalue weighted by Gasteiger charge is 2.06. The molecule has 2 rings (SSSR count). The molecule has 0 heterocycles. The molecule has 22 heavy (non-hydrogen) atoms. The minimum Gasteiger partial charge on any atom is -0.378 e. The van der Waals surface area contributed by atoms with Crippen LogP contribution < -0.4 is 21.1 Å². The van der Waals surface area contributed by atoms with E-state index >= 15 is 0 Å². The molecule has 1 amide bonds. The third-order valence-electron chi connectivity index (χ3n) is 2.97. The molecule has 0 radical (unpaired) electrons. The molecule has 0 fully saturated rings. The predicted molar refractivity (Wildman–Crippen MR) is 94.0 cm³/mol. The van der Waals surface area contributed by atoms with Crippen LogP contribution in [0.2, 0.25) is 0 Å². The summed E-state index contributed by atoms with van der Waals surface area (Å²) in [4.78, 5) is 14.0. The van der Waals surface area contributed by atoms with E-state index in [0.717, 1.165) is 11.4 Å². The number of carbonyl (C=O) groups is 1. The van der Waals surface area contributed by atoms with Crippen molar-refractivity contribution in [3.05, 3.63) is 60.2 Å². The van der Waals surface area contributed by atoms with Crippen LogP contribution in [0.25, 0.3) is 0 Å². The second-order valence-corrected chi connectivity index (χ2v) is 5.25. The lowest BCUT2D eigenvalue weighted by atomic mass is 10.2. The molecule has 0 saturated carbocycles. The topological polar surface area (TPSA) is 56.4 Å². The Morgan fingerprint density at radius 2 is 1.59 bits per heavy atom. The Morgan fingerprint density at radius 3 is 2.18 bits per heavy atom. The summed E-state index contributed by atoms with van der Waals surface area (Å²) in [6, 6.07) is 16.8. The summed E-state index contributed by atoms with van der Waals surface area (Å²) in [6.45, 7) is 0. The fraction of sp³-hybridized carbons (Fsp3) is 0.125. The van der Waals surface area contributed by atoms with Crippen molar-refractivity contribution in [3.8, 4) is 0 Å². The van der Waals surface area contributed by atoms with Crippen molar-refractivity contribution in [2.24, 2.45) is 0 Å². The first-order valence-electron chi connectivity index (χ1n) is 6.76. The van der Waals surface area contributed by atoms with Gasteiger partial charge in [0, 0.05) is 31.0 Å². The Hall–Kier alpha value is -2.60. The number of hydrogen-bond donors (Lipinski definition) is 3. The van der Waals surface area contributed by atoms with Gasteiger partial charge < -0.3 is 10.2 Å². The maximum Gasteiger partial charge on any atom is 0.269 e. The van der Waals surface area contributed by atoms with Crippen molar-refractivity contribution < 1.29 is 4.79 Å². The molecule has 114 valence electrons. The Balaban J connectivity index is 1.85. The summed E-state index contributed by atoms with van der Waals surface area (Å²) in [5.41, 5.74) is 7.68. The van der Waals surface area contributed by atoms with Crippen LogP contribution in [0.3, 0.4) is 0 Å². The molecule has 0 aliphatic heterocycles. The van der Waals surface area contributed by atoms with Gasteiger partial charge in [-0.2, -0.15) is 0 Å². The van der Waals surface area contributed by atoms with Crippen molar-refractivity contribution in [1.82, 2.24) is 10.9 Å². The summed E-state index contributed by atoms with van der Waals surface area (Å²) in [5.74, 6) is -0.248. The van der Waals surface area contributed by atoms with Crippen molar-refractivity contribution in [2.75, 3.05) is 24.3 Å². The van der Waals surface area contributed by atoms with Gasteiger partial charge >= 0.3 is 0 Å². The van der Waals surface area contributed by atoms with E-state index in [9.17, 15) is 4.79 Å². The first-order valence-corrected chi connectivity index (χ1v) is 7.17. The molecule has 2 aromatic rings. The zero-order valence-electron chi connectivity index (χ0n) is 12.5. The van der Waals surface area contributed by atoms with Gasteiger partial charge in [-0.15, -0.1) is 0 Å². The molecule has 6 heteroatoms. The minimum absolute atomic E-state index is 0.248. The van der Waals surface area contributed by atoms with Crippen molar-refractivity contribution in [3.63, 3.8) is 0 Å². The molecule has 3 N–H and O–H groups in total. The number of anilines is 2. The van der Waals surface area contributed by atoms with Gasteiger partial charge in [0.25, 0.3) is 5.91 Å². The maximum atomic E-state index is 12.0. The van der Waals surface area contributed by atoms with E-state index in [1.165, 1.54) is 0 Å². The Bertz CT molecular complexity index is 641. The van der Waals surface area contributed by atoms with E-state index in [2.05, 4.69) is 16.2 Å². The highest BCUT2D eigenvalue weighted by atomic mass is 32.1. The maximum absolute atomic E-state index is 12.0. The van der Waals surface area contributed by atoms with E-state index in [-0.39, 0.29) is 5.91 Å². The monoisotopic (exact) mass is 314 g/mol. The van der Waals surface area contributed by atoms with Gasteiger partial charge in [-0.05, 0) is 48.6 Å². The lowest BCUT2D eigenvalue weighted by Gasteiger charge is -2.13. The molecule has 0 spiro atoms. The van der Waals surface area contributed by atoms with Crippen molar-refractivity contribution in [1.29, 1.82) is 0 Å². The largest absolute Gasteiger partial charge is 0.378 e. The van der Waals surface area contributed by atoms with E-state index in [1.807, 2.05) is 61.5 Å². The first kappa shape index (κ1) is 15.8. The molecular weight excluding hydrogens is 296 g/mol. The number of nitrogens with one attached hydrogen (secondary N) is 3. The minimum atomic E-state index is -0.248. The molecule has 0 saturated heterocycles. The predicted octanol–water partition coefficient (Wildman–Crippen LogP) is 2.38.